The standard InChI is InChI=1S/C42H40F2N8O3/c1-24-18-30(19-25(2)38(24)43)52-40(50-15-14-49(42(50)54)37-9-8-36-31(39(37)44)22-45-51(36)29-4-3-5-29)32-23-48(13-10-34(32)47-52)41(53)35-21-28-20-27(6-7-33(28)46-35)26-11-16-55-17-12-26/h6-9,14-15,18-22,26,29,46H,3-5,10-13,16-17,23H2,1-2H3. The number of hydrogen-bond acceptors (Lipinski definition) is 5. The lowest BCUT2D eigenvalue weighted by atomic mass is 9.91. The van der Waals surface area contributed by atoms with E-state index in [4.69, 9.17) is 9.84 Å². The maximum Gasteiger partial charge on any atom is 0.338 e. The van der Waals surface area contributed by atoms with Crippen LogP contribution < -0.4 is 5.69 Å². The zero-order valence-corrected chi connectivity index (χ0v) is 30.7. The third-order valence-electron chi connectivity index (χ3n) is 11.9. The smallest absolute Gasteiger partial charge is 0.338 e. The normalized spacial score (nSPS) is 16.6. The summed E-state index contributed by atoms with van der Waals surface area (Å²) in [5.74, 6) is -0.154. The Balaban J connectivity index is 1.04. The number of ether oxygens (including phenoxy) is 1. The molecule has 2 fully saturated rings. The molecule has 1 aliphatic carbocycles. The molecule has 2 aliphatic heterocycles. The van der Waals surface area contributed by atoms with E-state index in [0.29, 0.717) is 63.7 Å². The molecule has 1 saturated heterocycles. The first kappa shape index (κ1) is 33.7. The Hall–Kier alpha value is -5.82. The van der Waals surface area contributed by atoms with Crippen molar-refractivity contribution < 1.29 is 18.3 Å². The number of benzene rings is 3. The molecule has 0 radical (unpaired) electrons. The van der Waals surface area contributed by atoms with Gasteiger partial charge in [-0.2, -0.15) is 10.2 Å². The number of nitrogens with zero attached hydrogens (tertiary/aromatic N) is 7. The maximum atomic E-state index is 16.2. The summed E-state index contributed by atoms with van der Waals surface area (Å²) in [6.45, 7) is 5.50. The second kappa shape index (κ2) is 12.9. The van der Waals surface area contributed by atoms with Gasteiger partial charge in [-0.3, -0.25) is 18.6 Å². The molecule has 11 nitrogen and oxygen atoms in total. The summed E-state index contributed by atoms with van der Waals surface area (Å²) >= 11 is 0. The van der Waals surface area contributed by atoms with Crippen LogP contribution in [0.25, 0.3) is 39.0 Å². The summed E-state index contributed by atoms with van der Waals surface area (Å²) in [6.07, 6.45) is 10.2. The van der Waals surface area contributed by atoms with E-state index < -0.39 is 11.5 Å². The Kier molecular flexibility index (Phi) is 7.91. The number of hydrogen-bond donors (Lipinski definition) is 1. The number of carbonyl (C=O) groups is 1. The molecule has 3 aromatic carbocycles. The quantitative estimate of drug-likeness (QED) is 0.192. The van der Waals surface area contributed by atoms with Gasteiger partial charge < -0.3 is 14.6 Å². The summed E-state index contributed by atoms with van der Waals surface area (Å²) in [7, 11) is 0. The summed E-state index contributed by atoms with van der Waals surface area (Å²) in [5.41, 5.74) is 5.79. The summed E-state index contributed by atoms with van der Waals surface area (Å²) in [5, 5.41) is 10.8. The number of aromatic nitrogens is 7. The van der Waals surface area contributed by atoms with E-state index in [0.717, 1.165) is 61.9 Å². The van der Waals surface area contributed by atoms with E-state index in [1.165, 1.54) is 20.9 Å². The molecular weight excluding hydrogens is 703 g/mol. The molecule has 1 amide bonds. The highest BCUT2D eigenvalue weighted by atomic mass is 19.1. The lowest BCUT2D eigenvalue weighted by molar-refractivity contribution is 0.0729. The lowest BCUT2D eigenvalue weighted by Gasteiger charge is -2.26. The van der Waals surface area contributed by atoms with Crippen molar-refractivity contribution in [2.75, 3.05) is 19.8 Å². The van der Waals surface area contributed by atoms with E-state index in [1.807, 2.05) is 22.9 Å². The van der Waals surface area contributed by atoms with Crippen LogP contribution >= 0.6 is 0 Å². The summed E-state index contributed by atoms with van der Waals surface area (Å²) in [4.78, 5) is 33.7. The predicted molar refractivity (Wildman–Crippen MR) is 204 cm³/mol. The van der Waals surface area contributed by atoms with Crippen LogP contribution in [-0.2, 0) is 17.7 Å². The van der Waals surface area contributed by atoms with Gasteiger partial charge >= 0.3 is 5.69 Å². The van der Waals surface area contributed by atoms with Crippen molar-refractivity contribution in [1.82, 2.24) is 38.6 Å². The molecule has 1 saturated carbocycles. The van der Waals surface area contributed by atoms with Gasteiger partial charge in [0.2, 0.25) is 0 Å². The van der Waals surface area contributed by atoms with Crippen molar-refractivity contribution in [2.24, 2.45) is 0 Å². The van der Waals surface area contributed by atoms with Crippen molar-refractivity contribution >= 4 is 27.7 Å². The van der Waals surface area contributed by atoms with Crippen molar-refractivity contribution in [1.29, 1.82) is 0 Å². The number of imidazole rings is 1. The molecule has 7 aromatic rings. The fourth-order valence-electron chi connectivity index (χ4n) is 8.63. The van der Waals surface area contributed by atoms with Gasteiger partial charge in [-0.05, 0) is 111 Å². The second-order valence-corrected chi connectivity index (χ2v) is 15.3. The number of carbonyl (C=O) groups excluding carboxylic acids is 1. The van der Waals surface area contributed by atoms with Crippen LogP contribution in [0.2, 0.25) is 0 Å². The highest BCUT2D eigenvalue weighted by molar-refractivity contribution is 5.98. The largest absolute Gasteiger partial charge is 0.381 e. The fourth-order valence-corrected chi connectivity index (χ4v) is 8.63. The summed E-state index contributed by atoms with van der Waals surface area (Å²) in [6, 6.07) is 15.3. The van der Waals surface area contributed by atoms with Gasteiger partial charge in [0.25, 0.3) is 5.91 Å². The van der Waals surface area contributed by atoms with E-state index in [-0.39, 0.29) is 30.0 Å². The zero-order valence-electron chi connectivity index (χ0n) is 30.7. The van der Waals surface area contributed by atoms with Crippen molar-refractivity contribution in [3.8, 4) is 17.2 Å². The maximum absolute atomic E-state index is 16.2. The molecule has 6 heterocycles. The highest BCUT2D eigenvalue weighted by Gasteiger charge is 2.32. The number of rotatable bonds is 6. The monoisotopic (exact) mass is 742 g/mol. The molecule has 3 aliphatic rings. The molecule has 10 rings (SSSR count). The van der Waals surface area contributed by atoms with Crippen LogP contribution in [0.5, 0.6) is 0 Å². The van der Waals surface area contributed by atoms with E-state index in [2.05, 4.69) is 22.2 Å². The van der Waals surface area contributed by atoms with Gasteiger partial charge in [-0.15, -0.1) is 0 Å². The lowest BCUT2D eigenvalue weighted by Crippen LogP contribution is -2.36. The van der Waals surface area contributed by atoms with Crippen LogP contribution in [0.1, 0.15) is 82.5 Å². The molecule has 1 N–H and O–H groups in total. The first-order valence-corrected chi connectivity index (χ1v) is 19.1. The van der Waals surface area contributed by atoms with Gasteiger partial charge in [0.05, 0.1) is 46.8 Å². The molecular formula is C42H40F2N8O3. The van der Waals surface area contributed by atoms with E-state index in [9.17, 15) is 14.0 Å². The fraction of sp³-hybridized carbons (Fsp3) is 0.333. The van der Waals surface area contributed by atoms with Crippen LogP contribution in [0, 0.1) is 25.5 Å². The van der Waals surface area contributed by atoms with Crippen molar-refractivity contribution in [2.45, 2.75) is 70.9 Å². The number of H-pyrrole nitrogens is 1. The SMILES string of the molecule is Cc1cc(-n2nc3c(c2-n2ccn(-c4ccc5c(cnn5C5CCC5)c4F)c2=O)CN(C(=O)c2cc4cc(C5CCOCC5)ccc4[nH]2)CC3)cc(C)c1F. The van der Waals surface area contributed by atoms with Crippen LogP contribution in [0.15, 0.2) is 71.9 Å². The first-order valence-electron chi connectivity index (χ1n) is 19.1. The van der Waals surface area contributed by atoms with Crippen LogP contribution in [0.3, 0.4) is 0 Å². The number of nitrogens with one attached hydrogen (secondary N) is 1. The average molecular weight is 743 g/mol. The topological polar surface area (TPSA) is 108 Å². The minimum Gasteiger partial charge on any atom is -0.381 e. The molecule has 0 unspecified atom stereocenters. The Labute approximate surface area is 314 Å². The van der Waals surface area contributed by atoms with Gasteiger partial charge in [0, 0.05) is 55.0 Å². The Morgan fingerprint density at radius 1 is 0.927 bits per heavy atom. The average Bonchev–Trinajstić information content (AvgIpc) is 3.97. The second-order valence-electron chi connectivity index (χ2n) is 15.3. The van der Waals surface area contributed by atoms with Crippen molar-refractivity contribution in [3.63, 3.8) is 0 Å². The predicted octanol–water partition coefficient (Wildman–Crippen LogP) is 7.36. The van der Waals surface area contributed by atoms with E-state index in [1.54, 1.807) is 54.0 Å². The van der Waals surface area contributed by atoms with Gasteiger partial charge in [0.15, 0.2) is 5.82 Å². The Bertz CT molecular complexity index is 2700. The Morgan fingerprint density at radius 2 is 1.71 bits per heavy atom. The number of aromatic amines is 1. The van der Waals surface area contributed by atoms with Gasteiger partial charge in [0.1, 0.15) is 17.3 Å². The minimum atomic E-state index is -0.529. The first-order chi connectivity index (χ1) is 26.7. The van der Waals surface area contributed by atoms with Crippen LogP contribution in [0.4, 0.5) is 8.78 Å². The highest BCUT2D eigenvalue weighted by Crippen LogP contribution is 2.36. The van der Waals surface area contributed by atoms with E-state index >= 15 is 4.39 Å². The molecule has 4 aromatic heterocycles. The Morgan fingerprint density at radius 3 is 2.47 bits per heavy atom. The molecule has 0 spiro atoms. The molecule has 55 heavy (non-hydrogen) atoms. The third kappa shape index (κ3) is 5.46. The molecule has 0 bridgehead atoms. The third-order valence-corrected chi connectivity index (χ3v) is 11.9. The molecule has 280 valence electrons. The van der Waals surface area contributed by atoms with Gasteiger partial charge in [-0.25, -0.2) is 18.3 Å². The summed E-state index contributed by atoms with van der Waals surface area (Å²) < 4.78 is 42.9. The number of amides is 1. The van der Waals surface area contributed by atoms with Crippen molar-refractivity contribution in [3.05, 3.63) is 123 Å². The molecule has 0 atom stereocenters. The molecule has 13 heteroatoms. The van der Waals surface area contributed by atoms with Crippen LogP contribution in [-0.4, -0.2) is 64.2 Å². The number of fused-ring (bicyclic) bond motifs is 3. The van der Waals surface area contributed by atoms with Gasteiger partial charge in [-0.1, -0.05) is 6.07 Å². The number of halogens is 2. The zero-order chi connectivity index (χ0) is 37.5. The number of aryl methyl sites for hydroxylation is 2. The minimum absolute atomic E-state index is 0.105.